The highest BCUT2D eigenvalue weighted by molar-refractivity contribution is 7.09. The van der Waals surface area contributed by atoms with Crippen LogP contribution in [0.1, 0.15) is 24.1 Å². The number of carbonyl (C=O) groups is 1. The van der Waals surface area contributed by atoms with Crippen LogP contribution in [-0.2, 0) is 16.1 Å². The van der Waals surface area contributed by atoms with Gasteiger partial charge in [-0.2, -0.15) is 0 Å². The normalized spacial score (nSPS) is 34.3. The number of rotatable bonds is 3. The standard InChI is InChI=1S/C18H26N2O3S/c21-15-8-14(9-15)17(22)20-5-6-23-13-18(12-20)3-4-19(11-18)10-16-2-1-7-24-16/h1-2,7,14-15,21H,3-6,8-13H2/t14?,15?,18-/m1/s1. The zero-order valence-electron chi connectivity index (χ0n) is 14.0. The molecule has 1 saturated carbocycles. The van der Waals surface area contributed by atoms with Gasteiger partial charge in [-0.3, -0.25) is 9.69 Å². The van der Waals surface area contributed by atoms with E-state index in [1.165, 1.54) is 4.88 Å². The molecular weight excluding hydrogens is 324 g/mol. The Morgan fingerprint density at radius 2 is 2.25 bits per heavy atom. The molecule has 0 radical (unpaired) electrons. The average molecular weight is 350 g/mol. The topological polar surface area (TPSA) is 53.0 Å². The van der Waals surface area contributed by atoms with Gasteiger partial charge in [0.05, 0.1) is 19.3 Å². The number of carbonyl (C=O) groups excluding carboxylic acids is 1. The molecule has 4 rings (SSSR count). The van der Waals surface area contributed by atoms with Crippen molar-refractivity contribution in [3.63, 3.8) is 0 Å². The summed E-state index contributed by atoms with van der Waals surface area (Å²) in [6.45, 7) is 5.96. The van der Waals surface area contributed by atoms with Gasteiger partial charge < -0.3 is 14.7 Å². The van der Waals surface area contributed by atoms with Crippen LogP contribution in [0.15, 0.2) is 17.5 Å². The van der Waals surface area contributed by atoms with Crippen molar-refractivity contribution < 1.29 is 14.6 Å². The number of thiophene rings is 1. The molecular formula is C18H26N2O3S. The second-order valence-corrected chi connectivity index (χ2v) is 8.71. The molecule has 1 N–H and O–H groups in total. The van der Waals surface area contributed by atoms with Gasteiger partial charge in [0.25, 0.3) is 0 Å². The number of aliphatic hydroxyl groups is 1. The van der Waals surface area contributed by atoms with Gasteiger partial charge in [0.2, 0.25) is 5.91 Å². The molecule has 0 bridgehead atoms. The highest BCUT2D eigenvalue weighted by Gasteiger charge is 2.44. The predicted octanol–water partition coefficient (Wildman–Crippen LogP) is 1.57. The van der Waals surface area contributed by atoms with E-state index in [0.29, 0.717) is 26.0 Å². The Kier molecular flexibility index (Phi) is 4.64. The second-order valence-electron chi connectivity index (χ2n) is 7.67. The van der Waals surface area contributed by atoms with Crippen molar-refractivity contribution in [3.05, 3.63) is 22.4 Å². The first-order chi connectivity index (χ1) is 11.6. The molecule has 1 spiro atoms. The third-order valence-corrected chi connectivity index (χ3v) is 6.55. The first-order valence-corrected chi connectivity index (χ1v) is 9.81. The van der Waals surface area contributed by atoms with E-state index in [4.69, 9.17) is 4.74 Å². The molecule has 1 aromatic rings. The fourth-order valence-corrected chi connectivity index (χ4v) is 5.01. The van der Waals surface area contributed by atoms with Gasteiger partial charge in [0.15, 0.2) is 0 Å². The summed E-state index contributed by atoms with van der Waals surface area (Å²) >= 11 is 1.81. The summed E-state index contributed by atoms with van der Waals surface area (Å²) < 4.78 is 5.88. The van der Waals surface area contributed by atoms with E-state index in [1.807, 2.05) is 16.2 Å². The summed E-state index contributed by atoms with van der Waals surface area (Å²) in [7, 11) is 0. The highest BCUT2D eigenvalue weighted by Crippen LogP contribution is 2.36. The number of amides is 1. The van der Waals surface area contributed by atoms with Crippen LogP contribution in [-0.4, -0.2) is 66.3 Å². The minimum Gasteiger partial charge on any atom is -0.393 e. The second kappa shape index (κ2) is 6.75. The maximum absolute atomic E-state index is 12.7. The van der Waals surface area contributed by atoms with Crippen molar-refractivity contribution in [3.8, 4) is 0 Å². The monoisotopic (exact) mass is 350 g/mol. The third kappa shape index (κ3) is 3.38. The minimum atomic E-state index is -0.274. The smallest absolute Gasteiger partial charge is 0.225 e. The van der Waals surface area contributed by atoms with Crippen molar-refractivity contribution in [1.29, 1.82) is 0 Å². The number of ether oxygens (including phenoxy) is 1. The lowest BCUT2D eigenvalue weighted by Gasteiger charge is -2.37. The number of likely N-dealkylation sites (tertiary alicyclic amines) is 1. The van der Waals surface area contributed by atoms with Crippen molar-refractivity contribution >= 4 is 17.2 Å². The summed E-state index contributed by atoms with van der Waals surface area (Å²) in [5.74, 6) is 0.251. The molecule has 2 aliphatic heterocycles. The molecule has 132 valence electrons. The molecule has 1 amide bonds. The quantitative estimate of drug-likeness (QED) is 0.899. The Labute approximate surface area is 147 Å². The van der Waals surface area contributed by atoms with Crippen LogP contribution < -0.4 is 0 Å². The highest BCUT2D eigenvalue weighted by atomic mass is 32.1. The van der Waals surface area contributed by atoms with Gasteiger partial charge in [0.1, 0.15) is 0 Å². The van der Waals surface area contributed by atoms with E-state index in [-0.39, 0.29) is 23.3 Å². The van der Waals surface area contributed by atoms with Crippen molar-refractivity contribution in [1.82, 2.24) is 9.80 Å². The Morgan fingerprint density at radius 3 is 3.00 bits per heavy atom. The fraction of sp³-hybridized carbons (Fsp3) is 0.722. The molecule has 5 nitrogen and oxygen atoms in total. The molecule has 6 heteroatoms. The Hall–Kier alpha value is -0.950. The lowest BCUT2D eigenvalue weighted by atomic mass is 9.80. The van der Waals surface area contributed by atoms with Gasteiger partial charge >= 0.3 is 0 Å². The van der Waals surface area contributed by atoms with Crippen LogP contribution in [0.2, 0.25) is 0 Å². The Balaban J connectivity index is 1.39. The molecule has 24 heavy (non-hydrogen) atoms. The van der Waals surface area contributed by atoms with E-state index in [0.717, 1.165) is 39.2 Å². The number of nitrogens with zero attached hydrogens (tertiary/aromatic N) is 2. The van der Waals surface area contributed by atoms with E-state index in [9.17, 15) is 9.90 Å². The SMILES string of the molecule is O=C(C1CC(O)C1)N1CCOC[C@@]2(CCN(Cc3cccs3)C2)C1. The van der Waals surface area contributed by atoms with E-state index >= 15 is 0 Å². The zero-order chi connectivity index (χ0) is 16.6. The molecule has 3 heterocycles. The van der Waals surface area contributed by atoms with Gasteiger partial charge in [-0.25, -0.2) is 0 Å². The van der Waals surface area contributed by atoms with Crippen LogP contribution in [0.5, 0.6) is 0 Å². The predicted molar refractivity (Wildman–Crippen MR) is 92.8 cm³/mol. The van der Waals surface area contributed by atoms with Crippen LogP contribution >= 0.6 is 11.3 Å². The molecule has 0 aromatic carbocycles. The summed E-state index contributed by atoms with van der Waals surface area (Å²) in [5, 5.41) is 11.6. The first kappa shape index (κ1) is 16.5. The summed E-state index contributed by atoms with van der Waals surface area (Å²) in [6, 6.07) is 4.30. The molecule has 3 aliphatic rings. The maximum Gasteiger partial charge on any atom is 0.225 e. The number of hydrogen-bond acceptors (Lipinski definition) is 5. The molecule has 1 atom stereocenters. The van der Waals surface area contributed by atoms with Crippen molar-refractivity contribution in [2.45, 2.75) is 31.9 Å². The Bertz CT molecular complexity index is 573. The molecule has 2 saturated heterocycles. The van der Waals surface area contributed by atoms with Crippen molar-refractivity contribution in [2.75, 3.05) is 39.4 Å². The summed E-state index contributed by atoms with van der Waals surface area (Å²) in [4.78, 5) is 18.6. The van der Waals surface area contributed by atoms with Crippen LogP contribution in [0, 0.1) is 11.3 Å². The van der Waals surface area contributed by atoms with Crippen LogP contribution in [0.3, 0.4) is 0 Å². The lowest BCUT2D eigenvalue weighted by molar-refractivity contribution is -0.143. The maximum atomic E-state index is 12.7. The van der Waals surface area contributed by atoms with E-state index in [1.54, 1.807) is 0 Å². The van der Waals surface area contributed by atoms with Gasteiger partial charge in [-0.15, -0.1) is 11.3 Å². The van der Waals surface area contributed by atoms with Gasteiger partial charge in [-0.05, 0) is 37.3 Å². The molecule has 0 unspecified atom stereocenters. The summed E-state index contributed by atoms with van der Waals surface area (Å²) in [5.41, 5.74) is 0.0752. The number of aliphatic hydroxyl groups excluding tert-OH is 1. The summed E-state index contributed by atoms with van der Waals surface area (Å²) in [6.07, 6.45) is 2.08. The third-order valence-electron chi connectivity index (χ3n) is 5.69. The zero-order valence-corrected chi connectivity index (χ0v) is 14.8. The largest absolute Gasteiger partial charge is 0.393 e. The average Bonchev–Trinajstić information content (AvgIpc) is 3.12. The fourth-order valence-electron chi connectivity index (χ4n) is 4.26. The van der Waals surface area contributed by atoms with Gasteiger partial charge in [0, 0.05) is 42.4 Å². The lowest BCUT2D eigenvalue weighted by Crippen LogP contribution is -2.48. The first-order valence-electron chi connectivity index (χ1n) is 8.93. The minimum absolute atomic E-state index is 0.0266. The van der Waals surface area contributed by atoms with Crippen LogP contribution in [0.4, 0.5) is 0 Å². The van der Waals surface area contributed by atoms with E-state index < -0.39 is 0 Å². The molecule has 1 aliphatic carbocycles. The van der Waals surface area contributed by atoms with Crippen molar-refractivity contribution in [2.24, 2.45) is 11.3 Å². The molecule has 1 aromatic heterocycles. The van der Waals surface area contributed by atoms with Gasteiger partial charge in [-0.1, -0.05) is 6.07 Å². The van der Waals surface area contributed by atoms with E-state index in [2.05, 4.69) is 22.4 Å². The molecule has 3 fully saturated rings. The number of hydrogen-bond donors (Lipinski definition) is 1. The Morgan fingerprint density at radius 1 is 1.38 bits per heavy atom. The van der Waals surface area contributed by atoms with Crippen LogP contribution in [0.25, 0.3) is 0 Å².